The average Bonchev–Trinajstić information content (AvgIpc) is 3.16. The van der Waals surface area contributed by atoms with Crippen LogP contribution in [0, 0.1) is 0 Å². The van der Waals surface area contributed by atoms with Gasteiger partial charge in [-0.1, -0.05) is 42.5 Å². The summed E-state index contributed by atoms with van der Waals surface area (Å²) in [6.45, 7) is 0. The first-order chi connectivity index (χ1) is 14.4. The molecule has 1 fully saturated rings. The number of carboxylic acid groups (broad SMARTS) is 1. The molecule has 0 saturated carbocycles. The zero-order chi connectivity index (χ0) is 21.5. The fraction of sp³-hybridized carbons (Fsp3) is 0.278. The number of hydrogen-bond donors (Lipinski definition) is 2. The molecule has 2 aliphatic heterocycles. The molecule has 0 radical (unpaired) electrons. The van der Waals surface area contributed by atoms with E-state index in [9.17, 15) is 19.5 Å². The molecule has 10 nitrogen and oxygen atoms in total. The van der Waals surface area contributed by atoms with E-state index in [1.165, 1.54) is 21.8 Å². The van der Waals surface area contributed by atoms with E-state index in [0.717, 1.165) is 10.5 Å². The summed E-state index contributed by atoms with van der Waals surface area (Å²) >= 11 is 6.39. The molecule has 154 valence electrons. The lowest BCUT2D eigenvalue weighted by atomic mass is 9.87. The molecule has 2 N–H and O–H groups in total. The maximum absolute atomic E-state index is 13.1. The SMILES string of the molecule is Cn1nnnc1C1=C(C(=O)O)N2C(=O)[C@@](C=S)(NC(=O)Cc3ccccc3)[C@@H]2SC1. The van der Waals surface area contributed by atoms with Gasteiger partial charge >= 0.3 is 5.97 Å². The molecule has 3 heterocycles. The van der Waals surface area contributed by atoms with Crippen LogP contribution in [-0.2, 0) is 27.9 Å². The summed E-state index contributed by atoms with van der Waals surface area (Å²) < 4.78 is 1.34. The molecule has 0 aliphatic carbocycles. The lowest BCUT2D eigenvalue weighted by Gasteiger charge is -2.55. The van der Waals surface area contributed by atoms with Gasteiger partial charge in [0, 0.05) is 23.7 Å². The van der Waals surface area contributed by atoms with Crippen LogP contribution in [0.15, 0.2) is 36.0 Å². The number of aliphatic carboxylic acids is 1. The molecule has 0 unspecified atom stereocenters. The van der Waals surface area contributed by atoms with Crippen LogP contribution in [0.5, 0.6) is 0 Å². The predicted molar refractivity (Wildman–Crippen MR) is 111 cm³/mol. The van der Waals surface area contributed by atoms with Gasteiger partial charge in [0.2, 0.25) is 5.91 Å². The quantitative estimate of drug-likeness (QED) is 0.468. The number of nitrogens with zero attached hydrogens (tertiary/aromatic N) is 5. The van der Waals surface area contributed by atoms with Crippen molar-refractivity contribution in [1.29, 1.82) is 0 Å². The second kappa shape index (κ2) is 7.61. The van der Waals surface area contributed by atoms with Gasteiger partial charge in [0.15, 0.2) is 11.4 Å². The summed E-state index contributed by atoms with van der Waals surface area (Å²) in [7, 11) is 1.58. The number of thiocarbonyl (C=S) groups is 1. The number of aryl methyl sites for hydroxylation is 1. The van der Waals surface area contributed by atoms with Crippen LogP contribution >= 0.6 is 24.0 Å². The van der Waals surface area contributed by atoms with Crippen LogP contribution in [0.4, 0.5) is 0 Å². The summed E-state index contributed by atoms with van der Waals surface area (Å²) in [4.78, 5) is 38.8. The van der Waals surface area contributed by atoms with E-state index in [0.29, 0.717) is 5.57 Å². The minimum Gasteiger partial charge on any atom is -0.477 e. The monoisotopic (exact) mass is 444 g/mol. The molecule has 2 aliphatic rings. The summed E-state index contributed by atoms with van der Waals surface area (Å²) in [5, 5.41) is 24.2. The van der Waals surface area contributed by atoms with Crippen molar-refractivity contribution < 1.29 is 19.5 Å². The van der Waals surface area contributed by atoms with Crippen LogP contribution < -0.4 is 5.32 Å². The van der Waals surface area contributed by atoms with Gasteiger partial charge < -0.3 is 10.4 Å². The number of tetrazole rings is 1. The Labute approximate surface area is 180 Å². The van der Waals surface area contributed by atoms with E-state index in [1.807, 2.05) is 18.2 Å². The zero-order valence-electron chi connectivity index (χ0n) is 15.7. The third kappa shape index (κ3) is 3.08. The molecule has 0 bridgehead atoms. The molecule has 2 amide bonds. The van der Waals surface area contributed by atoms with Crippen LogP contribution in [0.1, 0.15) is 11.4 Å². The number of carboxylic acids is 1. The standard InChI is InChI=1S/C18H16N6O4S2/c1-23-14(20-21-22-23)11-8-30-17-18(9-29,16(28)24(17)13(11)15(26)27)19-12(25)7-10-5-3-2-4-6-10/h2-6,9,17H,7-8H2,1H3,(H,19,25)(H,26,27)/t17-,18+/m0/s1. The number of rotatable bonds is 6. The maximum Gasteiger partial charge on any atom is 0.353 e. The number of amides is 2. The third-order valence-corrected chi connectivity index (χ3v) is 6.67. The number of aromatic nitrogens is 4. The van der Waals surface area contributed by atoms with Gasteiger partial charge in [0.25, 0.3) is 5.91 Å². The number of nitrogens with one attached hydrogen (secondary N) is 1. The molecule has 30 heavy (non-hydrogen) atoms. The highest BCUT2D eigenvalue weighted by Crippen LogP contribution is 2.47. The van der Waals surface area contributed by atoms with E-state index >= 15 is 0 Å². The highest BCUT2D eigenvalue weighted by atomic mass is 32.2. The Balaban J connectivity index is 1.63. The first-order valence-corrected chi connectivity index (χ1v) is 10.4. The van der Waals surface area contributed by atoms with Crippen molar-refractivity contribution in [2.45, 2.75) is 17.3 Å². The van der Waals surface area contributed by atoms with Crippen LogP contribution in [0.3, 0.4) is 0 Å². The highest BCUT2D eigenvalue weighted by Gasteiger charge is 2.64. The van der Waals surface area contributed by atoms with Crippen molar-refractivity contribution in [3.63, 3.8) is 0 Å². The Bertz CT molecular complexity index is 1090. The minimum absolute atomic E-state index is 0.0773. The van der Waals surface area contributed by atoms with Crippen LogP contribution in [0.25, 0.3) is 5.57 Å². The fourth-order valence-corrected chi connectivity index (χ4v) is 5.35. The van der Waals surface area contributed by atoms with Crippen LogP contribution in [0.2, 0.25) is 0 Å². The van der Waals surface area contributed by atoms with E-state index in [1.54, 1.807) is 19.2 Å². The number of carbonyl (C=O) groups excluding carboxylic acids is 2. The number of benzene rings is 1. The van der Waals surface area contributed by atoms with Crippen LogP contribution in [-0.4, -0.2) is 70.0 Å². The molecule has 1 saturated heterocycles. The topological polar surface area (TPSA) is 130 Å². The van der Waals surface area contributed by atoms with Crippen molar-refractivity contribution in [3.05, 3.63) is 47.4 Å². The van der Waals surface area contributed by atoms with Crippen molar-refractivity contribution in [2.75, 3.05) is 5.75 Å². The van der Waals surface area contributed by atoms with E-state index in [4.69, 9.17) is 12.2 Å². The molecular formula is C18H16N6O4S2. The van der Waals surface area contributed by atoms with Crippen molar-refractivity contribution in [2.24, 2.45) is 7.05 Å². The maximum atomic E-state index is 13.1. The largest absolute Gasteiger partial charge is 0.477 e. The Morgan fingerprint density at radius 2 is 2.13 bits per heavy atom. The highest BCUT2D eigenvalue weighted by molar-refractivity contribution is 8.00. The van der Waals surface area contributed by atoms with Gasteiger partial charge in [-0.05, 0) is 16.0 Å². The fourth-order valence-electron chi connectivity index (χ4n) is 3.55. The normalized spacial score (nSPS) is 22.9. The van der Waals surface area contributed by atoms with Gasteiger partial charge in [-0.25, -0.2) is 9.48 Å². The van der Waals surface area contributed by atoms with Gasteiger partial charge in [-0.2, -0.15) is 0 Å². The Hall–Kier alpha value is -3.12. The number of hydrogen-bond acceptors (Lipinski definition) is 8. The number of fused-ring (bicyclic) bond motifs is 1. The zero-order valence-corrected chi connectivity index (χ0v) is 17.3. The Morgan fingerprint density at radius 3 is 2.73 bits per heavy atom. The number of β-lactam (4-membered cyclic amide) rings is 1. The summed E-state index contributed by atoms with van der Waals surface area (Å²) in [6, 6.07) is 9.09. The summed E-state index contributed by atoms with van der Waals surface area (Å²) in [5.74, 6) is -1.75. The first-order valence-electron chi connectivity index (χ1n) is 8.84. The average molecular weight is 444 g/mol. The van der Waals surface area contributed by atoms with Gasteiger partial charge in [-0.15, -0.1) is 16.9 Å². The van der Waals surface area contributed by atoms with E-state index in [-0.39, 0.29) is 29.6 Å². The van der Waals surface area contributed by atoms with Crippen molar-refractivity contribution in [3.8, 4) is 0 Å². The Morgan fingerprint density at radius 1 is 1.40 bits per heavy atom. The van der Waals surface area contributed by atoms with Crippen molar-refractivity contribution in [1.82, 2.24) is 30.4 Å². The first kappa shape index (κ1) is 20.2. The summed E-state index contributed by atoms with van der Waals surface area (Å²) in [5.41, 5.74) is -0.529. The molecule has 1 aromatic heterocycles. The van der Waals surface area contributed by atoms with E-state index < -0.39 is 22.8 Å². The second-order valence-corrected chi connectivity index (χ2v) is 8.10. The second-order valence-electron chi connectivity index (χ2n) is 6.79. The Kier molecular flexibility index (Phi) is 5.12. The van der Waals surface area contributed by atoms with E-state index in [2.05, 4.69) is 20.8 Å². The summed E-state index contributed by atoms with van der Waals surface area (Å²) in [6.07, 6.45) is 0.0773. The molecule has 4 rings (SSSR count). The minimum atomic E-state index is -1.45. The smallest absolute Gasteiger partial charge is 0.353 e. The molecule has 2 aromatic rings. The molecule has 12 heteroatoms. The predicted octanol–water partition coefficient (Wildman–Crippen LogP) is 0.0183. The van der Waals surface area contributed by atoms with Gasteiger partial charge in [0.05, 0.1) is 6.42 Å². The van der Waals surface area contributed by atoms with Gasteiger partial charge in [-0.3, -0.25) is 14.5 Å². The lowest BCUT2D eigenvalue weighted by molar-refractivity contribution is -0.153. The number of carbonyl (C=O) groups is 3. The van der Waals surface area contributed by atoms with Crippen molar-refractivity contribution >= 4 is 52.7 Å². The number of thioether (sulfide) groups is 1. The lowest BCUT2D eigenvalue weighted by Crippen LogP contribution is -2.80. The third-order valence-electron chi connectivity index (χ3n) is 4.94. The van der Waals surface area contributed by atoms with Gasteiger partial charge in [0.1, 0.15) is 11.1 Å². The molecule has 0 spiro atoms. The molecule has 2 atom stereocenters. The molecular weight excluding hydrogens is 428 g/mol. The molecule has 1 aromatic carbocycles.